The summed E-state index contributed by atoms with van der Waals surface area (Å²) >= 11 is 0. The Morgan fingerprint density at radius 1 is 0.365 bits per heavy atom. The molecule has 4 heterocycles. The van der Waals surface area contributed by atoms with Crippen LogP contribution in [0.3, 0.4) is 0 Å². The van der Waals surface area contributed by atoms with Crippen molar-refractivity contribution >= 4 is 99.6 Å². The second-order valence-electron chi connectivity index (χ2n) is 16.4. The fourth-order valence-corrected chi connectivity index (χ4v) is 10.2. The van der Waals surface area contributed by atoms with Crippen molar-refractivity contribution < 1.29 is 0 Å². The van der Waals surface area contributed by atoms with Gasteiger partial charge >= 0.3 is 0 Å². The van der Waals surface area contributed by atoms with Crippen molar-refractivity contribution in [3.63, 3.8) is 0 Å². The van der Waals surface area contributed by atoms with Crippen LogP contribution in [0.4, 0.5) is 0 Å². The third kappa shape index (κ3) is 5.14. The number of aromatic nitrogens is 5. The van der Waals surface area contributed by atoms with Gasteiger partial charge in [-0.2, -0.15) is 0 Å². The zero-order valence-corrected chi connectivity index (χ0v) is 34.4. The van der Waals surface area contributed by atoms with E-state index in [1.54, 1.807) is 0 Å². The summed E-state index contributed by atoms with van der Waals surface area (Å²) in [7, 11) is 0. The van der Waals surface area contributed by atoms with E-state index in [2.05, 4.69) is 173 Å². The minimum Gasteiger partial charge on any atom is -0.309 e. The summed E-state index contributed by atoms with van der Waals surface area (Å²) < 4.78 is 4.93. The quantitative estimate of drug-likeness (QED) is 0.167. The van der Waals surface area contributed by atoms with Crippen molar-refractivity contribution in [2.24, 2.45) is 0 Å². The Morgan fingerprint density at radius 2 is 0.825 bits per heavy atom. The molecule has 13 aromatic rings. The van der Waals surface area contributed by atoms with Gasteiger partial charge in [-0.15, -0.1) is 0 Å². The lowest BCUT2D eigenvalue weighted by Crippen LogP contribution is -2.05. The van der Waals surface area contributed by atoms with E-state index in [0.717, 1.165) is 92.9 Å². The first-order chi connectivity index (χ1) is 31.1. The van der Waals surface area contributed by atoms with Gasteiger partial charge in [-0.05, 0) is 81.7 Å². The number of benzene rings is 9. The van der Waals surface area contributed by atoms with E-state index in [0.29, 0.717) is 17.5 Å². The second-order valence-corrected chi connectivity index (χ2v) is 16.4. The van der Waals surface area contributed by atoms with Gasteiger partial charge in [0.15, 0.2) is 17.5 Å². The molecule has 5 heteroatoms. The molecule has 0 atom stereocenters. The summed E-state index contributed by atoms with van der Waals surface area (Å²) in [5.41, 5.74) is 10.6. The van der Waals surface area contributed by atoms with Crippen LogP contribution in [0.5, 0.6) is 0 Å². The number of fused-ring (bicyclic) bond motifs is 13. The molecule has 0 aliphatic heterocycles. The topological polar surface area (TPSA) is 47.5 Å². The number of para-hydroxylation sites is 3. The molecule has 0 amide bonds. The first kappa shape index (κ1) is 35.4. The minimum absolute atomic E-state index is 0.606. The van der Waals surface area contributed by atoms with Crippen LogP contribution in [0.1, 0.15) is 12.5 Å². The van der Waals surface area contributed by atoms with E-state index in [1.165, 1.54) is 21.5 Å². The summed E-state index contributed by atoms with van der Waals surface area (Å²) in [6, 6.07) is 65.0. The Hall–Kier alpha value is -8.41. The van der Waals surface area contributed by atoms with Crippen molar-refractivity contribution in [2.45, 2.75) is 6.92 Å². The largest absolute Gasteiger partial charge is 0.309 e. The van der Waals surface area contributed by atoms with Gasteiger partial charge in [-0.3, -0.25) is 0 Å². The van der Waals surface area contributed by atoms with E-state index in [4.69, 9.17) is 21.5 Å². The van der Waals surface area contributed by atoms with Crippen LogP contribution in [0, 0.1) is 0 Å². The third-order valence-electron chi connectivity index (χ3n) is 12.9. The molecule has 4 aromatic heterocycles. The summed E-state index contributed by atoms with van der Waals surface area (Å²) in [4.78, 5) is 15.6. The molecule has 9 aromatic carbocycles. The maximum atomic E-state index is 5.29. The smallest absolute Gasteiger partial charge is 0.164 e. The highest BCUT2D eigenvalue weighted by Crippen LogP contribution is 2.43. The highest BCUT2D eigenvalue weighted by Gasteiger charge is 2.22. The van der Waals surface area contributed by atoms with Crippen LogP contribution in [-0.4, -0.2) is 23.8 Å². The van der Waals surface area contributed by atoms with Crippen molar-refractivity contribution in [2.75, 3.05) is 0 Å². The molecule has 0 radical (unpaired) electrons. The molecule has 294 valence electrons. The van der Waals surface area contributed by atoms with Crippen molar-refractivity contribution in [1.29, 1.82) is 0 Å². The molecule has 0 saturated heterocycles. The van der Waals surface area contributed by atoms with E-state index in [1.807, 2.05) is 36.4 Å². The van der Waals surface area contributed by atoms with Crippen LogP contribution >= 0.6 is 0 Å². The van der Waals surface area contributed by atoms with E-state index < -0.39 is 0 Å². The summed E-state index contributed by atoms with van der Waals surface area (Å²) in [6.45, 7) is 7.12. The normalized spacial score (nSPS) is 12.2. The molecule has 4 bridgehead atoms. The Labute approximate surface area is 361 Å². The van der Waals surface area contributed by atoms with E-state index >= 15 is 0 Å². The summed E-state index contributed by atoms with van der Waals surface area (Å²) in [6.07, 6.45) is 4.44. The number of allylic oxidation sites excluding steroid dienone is 1. The average Bonchev–Trinajstić information content (AvgIpc) is 3.84. The molecule has 0 aliphatic rings. The van der Waals surface area contributed by atoms with Gasteiger partial charge in [-0.1, -0.05) is 158 Å². The number of nitrogens with zero attached hydrogens (tertiary/aromatic N) is 5. The van der Waals surface area contributed by atoms with Crippen LogP contribution < -0.4 is 5.22 Å². The van der Waals surface area contributed by atoms with Crippen LogP contribution in [0.2, 0.25) is 0 Å². The predicted octanol–water partition coefficient (Wildman–Crippen LogP) is 14.2. The maximum absolute atomic E-state index is 5.29. The Kier molecular flexibility index (Phi) is 7.60. The SMILES string of the molecule is C=c1c2ccccc2n2c3ccccc3c3cc4c5ccccc5n(c4cc32)c2cc(-c3nc(-c4ccccc4)nc(-c4ccccc4)n3)cc3c4ccccc4c1c(/C=C\C)c32. The molecule has 0 spiro atoms. The Bertz CT molecular complexity index is 4100. The molecule has 13 rings (SSSR count). The second kappa shape index (κ2) is 13.5. The highest BCUT2D eigenvalue weighted by molar-refractivity contribution is 6.26. The maximum Gasteiger partial charge on any atom is 0.164 e. The lowest BCUT2D eigenvalue weighted by molar-refractivity contribution is 1.07. The highest BCUT2D eigenvalue weighted by atomic mass is 15.0. The lowest BCUT2D eigenvalue weighted by atomic mass is 9.90. The van der Waals surface area contributed by atoms with Crippen LogP contribution in [-0.2, 0) is 0 Å². The molecule has 0 aliphatic carbocycles. The molecular weight excluding hydrogens is 767 g/mol. The van der Waals surface area contributed by atoms with Gasteiger partial charge in [0.2, 0.25) is 0 Å². The van der Waals surface area contributed by atoms with Gasteiger partial charge in [0.1, 0.15) is 0 Å². The zero-order chi connectivity index (χ0) is 41.8. The fourth-order valence-electron chi connectivity index (χ4n) is 10.2. The summed E-state index contributed by atoms with van der Waals surface area (Å²) in [5, 5.41) is 12.5. The van der Waals surface area contributed by atoms with Gasteiger partial charge < -0.3 is 8.80 Å². The molecule has 0 unspecified atom stereocenters. The zero-order valence-electron chi connectivity index (χ0n) is 34.4. The number of hydrogen-bond donors (Lipinski definition) is 0. The monoisotopic (exact) mass is 803 g/mol. The number of rotatable bonds is 4. The standard InChI is InChI=1S/C58H37N5/c1-3-18-44-54-35(2)39-23-12-15-28-48(39)62-49-29-16-13-25-41(49)45-33-46-42-26-14-17-30-50(42)63(52(46)34-51(45)62)53-32-38(31-47(55(44)53)40-24-10-11-27-43(40)54)58-60-56(36-19-6-4-7-20-36)59-57(61-58)37-21-8-5-9-22-37/h3-34H,2H2,1H3/b18-3-. The first-order valence-corrected chi connectivity index (χ1v) is 21.4. The number of hydrogen-bond acceptors (Lipinski definition) is 3. The van der Waals surface area contributed by atoms with Gasteiger partial charge in [0.05, 0.1) is 33.1 Å². The summed E-state index contributed by atoms with van der Waals surface area (Å²) in [5.74, 6) is 1.86. The average molecular weight is 804 g/mol. The molecule has 0 N–H and O–H groups in total. The Morgan fingerprint density at radius 3 is 1.40 bits per heavy atom. The predicted molar refractivity (Wildman–Crippen MR) is 265 cm³/mol. The van der Waals surface area contributed by atoms with Gasteiger partial charge in [-0.25, -0.2) is 15.0 Å². The van der Waals surface area contributed by atoms with Gasteiger partial charge in [0.25, 0.3) is 0 Å². The van der Waals surface area contributed by atoms with E-state index in [9.17, 15) is 0 Å². The molecule has 5 nitrogen and oxygen atoms in total. The third-order valence-corrected chi connectivity index (χ3v) is 12.9. The molecular formula is C58H37N5. The minimum atomic E-state index is 0.606. The molecule has 0 fully saturated rings. The van der Waals surface area contributed by atoms with Crippen molar-refractivity contribution in [3.8, 4) is 34.2 Å². The molecule has 0 saturated carbocycles. The fraction of sp³-hybridized carbons (Fsp3) is 0.0172. The van der Waals surface area contributed by atoms with Crippen LogP contribution in [0.25, 0.3) is 134 Å². The van der Waals surface area contributed by atoms with Crippen molar-refractivity contribution in [1.82, 2.24) is 23.8 Å². The molecule has 63 heavy (non-hydrogen) atoms. The van der Waals surface area contributed by atoms with E-state index in [-0.39, 0.29) is 0 Å². The first-order valence-electron chi connectivity index (χ1n) is 21.4. The van der Waals surface area contributed by atoms with Gasteiger partial charge in [0, 0.05) is 49.0 Å². The Balaban J connectivity index is 1.34. The lowest BCUT2D eigenvalue weighted by Gasteiger charge is -2.17. The van der Waals surface area contributed by atoms with Crippen LogP contribution in [0.15, 0.2) is 188 Å². The van der Waals surface area contributed by atoms with Crippen molar-refractivity contribution in [3.05, 3.63) is 199 Å².